The monoisotopic (exact) mass is 257 g/mol. The maximum Gasteiger partial charge on any atom is 0.317 e. The molecule has 2 heterocycles. The molecule has 2 aliphatic heterocycles. The number of carbonyl (C=O) groups is 1. The summed E-state index contributed by atoms with van der Waals surface area (Å²) in [5, 5.41) is 3.05. The minimum atomic E-state index is -0.841. The van der Waals surface area contributed by atoms with Crippen molar-refractivity contribution in [1.29, 1.82) is 0 Å². The molecule has 0 spiro atoms. The molecule has 0 bridgehead atoms. The summed E-state index contributed by atoms with van der Waals surface area (Å²) in [5.74, 6) is 0. The fraction of sp³-hybridized carbons (Fsp3) is 0.923. The van der Waals surface area contributed by atoms with E-state index in [1.54, 1.807) is 4.90 Å². The SMILES string of the molecule is CCN1CCC(NC(=O)N2CCCC(F)C2)CC1. The van der Waals surface area contributed by atoms with Crippen LogP contribution in [0.3, 0.4) is 0 Å². The van der Waals surface area contributed by atoms with Crippen LogP contribution >= 0.6 is 0 Å². The smallest absolute Gasteiger partial charge is 0.317 e. The standard InChI is InChI=1S/C13H24FN3O/c1-2-16-8-5-12(6-9-16)15-13(18)17-7-3-4-11(14)10-17/h11-12H,2-10H2,1H3,(H,15,18). The van der Waals surface area contributed by atoms with E-state index in [0.29, 0.717) is 13.0 Å². The van der Waals surface area contributed by atoms with Crippen molar-refractivity contribution in [3.05, 3.63) is 0 Å². The number of likely N-dealkylation sites (tertiary alicyclic amines) is 2. The first-order valence-corrected chi connectivity index (χ1v) is 7.11. The van der Waals surface area contributed by atoms with E-state index >= 15 is 0 Å². The molecule has 104 valence electrons. The van der Waals surface area contributed by atoms with Gasteiger partial charge in [0.2, 0.25) is 0 Å². The zero-order valence-corrected chi connectivity index (χ0v) is 11.2. The fourth-order valence-corrected chi connectivity index (χ4v) is 2.77. The molecule has 0 aromatic carbocycles. The van der Waals surface area contributed by atoms with E-state index in [2.05, 4.69) is 17.1 Å². The molecule has 1 N–H and O–H groups in total. The summed E-state index contributed by atoms with van der Waals surface area (Å²) in [4.78, 5) is 16.0. The summed E-state index contributed by atoms with van der Waals surface area (Å²) in [6.45, 7) is 6.30. The molecule has 1 unspecified atom stereocenters. The Morgan fingerprint density at radius 1 is 1.28 bits per heavy atom. The van der Waals surface area contributed by atoms with Crippen LogP contribution in [0.2, 0.25) is 0 Å². The van der Waals surface area contributed by atoms with Crippen LogP contribution in [0.1, 0.15) is 32.6 Å². The molecule has 2 rings (SSSR count). The molecule has 1 atom stereocenters. The minimum Gasteiger partial charge on any atom is -0.335 e. The van der Waals surface area contributed by atoms with Crippen LogP contribution in [0.5, 0.6) is 0 Å². The summed E-state index contributed by atoms with van der Waals surface area (Å²) in [6.07, 6.45) is 2.55. The van der Waals surface area contributed by atoms with Crippen LogP contribution in [0.4, 0.5) is 9.18 Å². The molecule has 2 saturated heterocycles. The lowest BCUT2D eigenvalue weighted by Crippen LogP contribution is -2.51. The highest BCUT2D eigenvalue weighted by molar-refractivity contribution is 5.74. The maximum absolute atomic E-state index is 13.2. The van der Waals surface area contributed by atoms with Gasteiger partial charge >= 0.3 is 6.03 Å². The first-order valence-electron chi connectivity index (χ1n) is 7.11. The van der Waals surface area contributed by atoms with E-state index in [4.69, 9.17) is 0 Å². The number of carbonyl (C=O) groups excluding carboxylic acids is 1. The Labute approximate surface area is 109 Å². The van der Waals surface area contributed by atoms with Gasteiger partial charge in [0.25, 0.3) is 0 Å². The average Bonchev–Trinajstić information content (AvgIpc) is 2.39. The van der Waals surface area contributed by atoms with Crippen molar-refractivity contribution in [2.75, 3.05) is 32.7 Å². The summed E-state index contributed by atoms with van der Waals surface area (Å²) < 4.78 is 13.2. The second-order valence-corrected chi connectivity index (χ2v) is 5.34. The zero-order chi connectivity index (χ0) is 13.0. The van der Waals surface area contributed by atoms with Crippen molar-refractivity contribution in [3.63, 3.8) is 0 Å². The summed E-state index contributed by atoms with van der Waals surface area (Å²) >= 11 is 0. The number of hydrogen-bond donors (Lipinski definition) is 1. The van der Waals surface area contributed by atoms with E-state index in [1.165, 1.54) is 0 Å². The van der Waals surface area contributed by atoms with Gasteiger partial charge in [-0.1, -0.05) is 6.92 Å². The van der Waals surface area contributed by atoms with Crippen molar-refractivity contribution in [2.24, 2.45) is 0 Å². The molecular weight excluding hydrogens is 233 g/mol. The highest BCUT2D eigenvalue weighted by atomic mass is 19.1. The molecule has 0 aromatic heterocycles. The van der Waals surface area contributed by atoms with E-state index in [9.17, 15) is 9.18 Å². The zero-order valence-electron chi connectivity index (χ0n) is 11.2. The van der Waals surface area contributed by atoms with Crippen LogP contribution in [0.25, 0.3) is 0 Å². The minimum absolute atomic E-state index is 0.0766. The van der Waals surface area contributed by atoms with Crippen LogP contribution in [0, 0.1) is 0 Å². The Balaban J connectivity index is 1.74. The van der Waals surface area contributed by atoms with Gasteiger partial charge in [0.15, 0.2) is 0 Å². The first-order chi connectivity index (χ1) is 8.69. The van der Waals surface area contributed by atoms with E-state index in [-0.39, 0.29) is 18.6 Å². The molecule has 2 fully saturated rings. The van der Waals surface area contributed by atoms with E-state index in [0.717, 1.165) is 38.9 Å². The fourth-order valence-electron chi connectivity index (χ4n) is 2.77. The molecule has 0 radical (unpaired) electrons. The largest absolute Gasteiger partial charge is 0.335 e. The second-order valence-electron chi connectivity index (χ2n) is 5.34. The molecule has 18 heavy (non-hydrogen) atoms. The van der Waals surface area contributed by atoms with Crippen molar-refractivity contribution in [3.8, 4) is 0 Å². The number of amides is 2. The Bertz CT molecular complexity index is 279. The summed E-state index contributed by atoms with van der Waals surface area (Å²) in [7, 11) is 0. The third kappa shape index (κ3) is 3.57. The molecule has 0 aliphatic carbocycles. The third-order valence-corrected chi connectivity index (χ3v) is 4.01. The molecule has 0 aromatic rings. The lowest BCUT2D eigenvalue weighted by atomic mass is 10.1. The number of rotatable bonds is 2. The number of hydrogen-bond acceptors (Lipinski definition) is 2. The Hall–Kier alpha value is -0.840. The Morgan fingerprint density at radius 3 is 2.61 bits per heavy atom. The molecule has 0 saturated carbocycles. The number of piperidine rings is 2. The number of nitrogens with one attached hydrogen (secondary N) is 1. The van der Waals surface area contributed by atoms with Gasteiger partial charge in [-0.05, 0) is 32.2 Å². The van der Waals surface area contributed by atoms with Crippen LogP contribution < -0.4 is 5.32 Å². The van der Waals surface area contributed by atoms with Gasteiger partial charge < -0.3 is 15.1 Å². The van der Waals surface area contributed by atoms with Crippen molar-refractivity contribution < 1.29 is 9.18 Å². The lowest BCUT2D eigenvalue weighted by Gasteiger charge is -2.34. The highest BCUT2D eigenvalue weighted by Gasteiger charge is 2.26. The van der Waals surface area contributed by atoms with Gasteiger partial charge in [-0.25, -0.2) is 9.18 Å². The van der Waals surface area contributed by atoms with Crippen LogP contribution in [-0.2, 0) is 0 Å². The number of alkyl halides is 1. The average molecular weight is 257 g/mol. The maximum atomic E-state index is 13.2. The summed E-state index contributed by atoms with van der Waals surface area (Å²) in [5.41, 5.74) is 0. The van der Waals surface area contributed by atoms with Gasteiger partial charge in [-0.3, -0.25) is 0 Å². The second kappa shape index (κ2) is 6.36. The van der Waals surface area contributed by atoms with Crippen molar-refractivity contribution in [1.82, 2.24) is 15.1 Å². The molecule has 4 nitrogen and oxygen atoms in total. The van der Waals surface area contributed by atoms with Gasteiger partial charge in [-0.15, -0.1) is 0 Å². The highest BCUT2D eigenvalue weighted by Crippen LogP contribution is 2.14. The third-order valence-electron chi connectivity index (χ3n) is 4.01. The Morgan fingerprint density at radius 2 is 2.00 bits per heavy atom. The van der Waals surface area contributed by atoms with Gasteiger partial charge in [0.1, 0.15) is 6.17 Å². The van der Waals surface area contributed by atoms with Gasteiger partial charge in [-0.2, -0.15) is 0 Å². The molecule has 2 aliphatic rings. The summed E-state index contributed by atoms with van der Waals surface area (Å²) in [6, 6.07) is 0.188. The van der Waals surface area contributed by atoms with Gasteiger partial charge in [0.05, 0.1) is 6.54 Å². The quantitative estimate of drug-likeness (QED) is 0.816. The van der Waals surface area contributed by atoms with Crippen LogP contribution in [0.15, 0.2) is 0 Å². The number of urea groups is 1. The van der Waals surface area contributed by atoms with E-state index in [1.807, 2.05) is 0 Å². The Kier molecular flexibility index (Phi) is 4.80. The molecule has 5 heteroatoms. The molecule has 2 amide bonds. The number of nitrogens with zero attached hydrogens (tertiary/aromatic N) is 2. The van der Waals surface area contributed by atoms with Gasteiger partial charge in [0, 0.05) is 25.7 Å². The number of halogens is 1. The normalized spacial score (nSPS) is 27.2. The first kappa shape index (κ1) is 13.6. The molecular formula is C13H24FN3O. The van der Waals surface area contributed by atoms with Crippen molar-refractivity contribution >= 4 is 6.03 Å². The predicted octanol–water partition coefficient (Wildman–Crippen LogP) is 1.61. The van der Waals surface area contributed by atoms with Crippen LogP contribution in [-0.4, -0.2) is 60.8 Å². The van der Waals surface area contributed by atoms with Crippen molar-refractivity contribution in [2.45, 2.75) is 44.8 Å². The van der Waals surface area contributed by atoms with E-state index < -0.39 is 6.17 Å². The topological polar surface area (TPSA) is 35.6 Å². The predicted molar refractivity (Wildman–Crippen MR) is 69.4 cm³/mol. The lowest BCUT2D eigenvalue weighted by molar-refractivity contribution is 0.135.